The van der Waals surface area contributed by atoms with Gasteiger partial charge in [0.25, 0.3) is 5.92 Å². The summed E-state index contributed by atoms with van der Waals surface area (Å²) in [6, 6.07) is 6.12. The first-order valence-electron chi connectivity index (χ1n) is 5.14. The second kappa shape index (κ2) is 4.70. The van der Waals surface area contributed by atoms with Crippen LogP contribution in [0.5, 0.6) is 0 Å². The number of nitrogens with one attached hydrogen (secondary N) is 2. The fourth-order valence-electron chi connectivity index (χ4n) is 1.66. The van der Waals surface area contributed by atoms with E-state index in [1.54, 1.807) is 24.3 Å². The van der Waals surface area contributed by atoms with Gasteiger partial charge in [0.1, 0.15) is 0 Å². The number of hydrogen-bond acceptors (Lipinski definition) is 2. The quantitative estimate of drug-likeness (QED) is 0.881. The minimum absolute atomic E-state index is 0.426. The van der Waals surface area contributed by atoms with Gasteiger partial charge < -0.3 is 5.32 Å². The molecule has 1 heterocycles. The lowest BCUT2D eigenvalue weighted by atomic mass is 10.2. The molecule has 6 heteroatoms. The summed E-state index contributed by atoms with van der Waals surface area (Å²) >= 11 is 3.27. The van der Waals surface area contributed by atoms with Crippen LogP contribution in [0.1, 0.15) is 6.42 Å². The molecule has 0 aliphatic carbocycles. The third-order valence-corrected chi connectivity index (χ3v) is 3.07. The Balaban J connectivity index is 1.96. The van der Waals surface area contributed by atoms with E-state index in [-0.39, 0.29) is 0 Å². The van der Waals surface area contributed by atoms with E-state index in [4.69, 9.17) is 0 Å². The summed E-state index contributed by atoms with van der Waals surface area (Å²) in [7, 11) is 0. The van der Waals surface area contributed by atoms with Gasteiger partial charge in [-0.3, -0.25) is 10.1 Å². The Morgan fingerprint density at radius 1 is 1.41 bits per heavy atom. The summed E-state index contributed by atoms with van der Waals surface area (Å²) in [4.78, 5) is 11.7. The number of benzene rings is 1. The van der Waals surface area contributed by atoms with E-state index < -0.39 is 30.8 Å². The topological polar surface area (TPSA) is 41.1 Å². The van der Waals surface area contributed by atoms with Crippen molar-refractivity contribution in [1.29, 1.82) is 0 Å². The molecule has 1 saturated heterocycles. The van der Waals surface area contributed by atoms with Crippen LogP contribution < -0.4 is 10.6 Å². The first kappa shape index (κ1) is 12.4. The lowest BCUT2D eigenvalue weighted by molar-refractivity contribution is -0.118. The smallest absolute Gasteiger partial charge is 0.262 e. The minimum atomic E-state index is -2.79. The molecule has 1 fully saturated rings. The van der Waals surface area contributed by atoms with Crippen LogP contribution in [-0.2, 0) is 4.79 Å². The van der Waals surface area contributed by atoms with Crippen molar-refractivity contribution in [3.05, 3.63) is 28.7 Å². The van der Waals surface area contributed by atoms with Crippen LogP contribution in [0.2, 0.25) is 0 Å². The molecular weight excluding hydrogens is 294 g/mol. The van der Waals surface area contributed by atoms with E-state index in [0.29, 0.717) is 5.69 Å². The predicted molar refractivity (Wildman–Crippen MR) is 64.1 cm³/mol. The molecule has 1 amide bonds. The molecule has 1 atom stereocenters. The zero-order valence-electron chi connectivity index (χ0n) is 8.84. The van der Waals surface area contributed by atoms with Gasteiger partial charge in [-0.2, -0.15) is 0 Å². The lowest BCUT2D eigenvalue weighted by Crippen LogP contribution is -2.35. The van der Waals surface area contributed by atoms with Crippen molar-refractivity contribution in [3.63, 3.8) is 0 Å². The number of rotatable bonds is 2. The zero-order chi connectivity index (χ0) is 12.5. The molecule has 0 aromatic heterocycles. The molecule has 1 aromatic rings. The molecule has 1 unspecified atom stereocenters. The summed E-state index contributed by atoms with van der Waals surface area (Å²) in [5.74, 6) is -3.22. The SMILES string of the molecule is O=C(Nc1ccc(Br)cc1)C1CC(F)(F)CN1. The van der Waals surface area contributed by atoms with Crippen LogP contribution in [-0.4, -0.2) is 24.4 Å². The van der Waals surface area contributed by atoms with Crippen molar-refractivity contribution < 1.29 is 13.6 Å². The fraction of sp³-hybridized carbons (Fsp3) is 0.364. The minimum Gasteiger partial charge on any atom is -0.325 e. The van der Waals surface area contributed by atoms with Gasteiger partial charge in [-0.15, -0.1) is 0 Å². The average molecular weight is 305 g/mol. The summed E-state index contributed by atoms with van der Waals surface area (Å²) in [6.07, 6.45) is -0.449. The normalized spacial score (nSPS) is 22.4. The van der Waals surface area contributed by atoms with Gasteiger partial charge >= 0.3 is 0 Å². The molecule has 2 rings (SSSR count). The highest BCUT2D eigenvalue weighted by molar-refractivity contribution is 9.10. The lowest BCUT2D eigenvalue weighted by Gasteiger charge is -2.11. The van der Waals surface area contributed by atoms with E-state index in [2.05, 4.69) is 26.6 Å². The van der Waals surface area contributed by atoms with Crippen molar-refractivity contribution in [2.75, 3.05) is 11.9 Å². The van der Waals surface area contributed by atoms with Crippen LogP contribution in [0, 0.1) is 0 Å². The van der Waals surface area contributed by atoms with Crippen molar-refractivity contribution in [2.24, 2.45) is 0 Å². The molecule has 1 aromatic carbocycles. The third-order valence-electron chi connectivity index (χ3n) is 2.54. The Labute approximate surface area is 106 Å². The maximum atomic E-state index is 12.9. The molecule has 1 aliphatic rings. The molecule has 0 radical (unpaired) electrons. The van der Waals surface area contributed by atoms with E-state index in [9.17, 15) is 13.6 Å². The van der Waals surface area contributed by atoms with Crippen molar-refractivity contribution in [1.82, 2.24) is 5.32 Å². The summed E-state index contributed by atoms with van der Waals surface area (Å²) in [6.45, 7) is -0.439. The maximum Gasteiger partial charge on any atom is 0.262 e. The Bertz CT molecular complexity index is 422. The molecule has 0 spiro atoms. The number of carbonyl (C=O) groups is 1. The van der Waals surface area contributed by atoms with Crippen LogP contribution >= 0.6 is 15.9 Å². The predicted octanol–water partition coefficient (Wildman–Crippen LogP) is 2.38. The van der Waals surface area contributed by atoms with E-state index >= 15 is 0 Å². The van der Waals surface area contributed by atoms with Crippen LogP contribution in [0.15, 0.2) is 28.7 Å². The van der Waals surface area contributed by atoms with Gasteiger partial charge in [0, 0.05) is 16.6 Å². The Morgan fingerprint density at radius 3 is 2.59 bits per heavy atom. The van der Waals surface area contributed by atoms with Crippen molar-refractivity contribution in [2.45, 2.75) is 18.4 Å². The number of hydrogen-bond donors (Lipinski definition) is 2. The third kappa shape index (κ3) is 3.23. The number of halogens is 3. The summed E-state index contributed by atoms with van der Waals surface area (Å²) in [5.41, 5.74) is 0.593. The molecule has 2 N–H and O–H groups in total. The number of alkyl halides is 2. The molecule has 0 bridgehead atoms. The van der Waals surface area contributed by atoms with E-state index in [1.165, 1.54) is 0 Å². The zero-order valence-corrected chi connectivity index (χ0v) is 10.4. The number of carbonyl (C=O) groups excluding carboxylic acids is 1. The van der Waals surface area contributed by atoms with Crippen molar-refractivity contribution in [3.8, 4) is 0 Å². The highest BCUT2D eigenvalue weighted by Gasteiger charge is 2.42. The van der Waals surface area contributed by atoms with Crippen LogP contribution in [0.4, 0.5) is 14.5 Å². The Kier molecular flexibility index (Phi) is 3.44. The second-order valence-electron chi connectivity index (χ2n) is 3.99. The maximum absolute atomic E-state index is 12.9. The first-order valence-corrected chi connectivity index (χ1v) is 5.93. The monoisotopic (exact) mass is 304 g/mol. The summed E-state index contributed by atoms with van der Waals surface area (Å²) in [5, 5.41) is 5.10. The Hall–Kier alpha value is -1.01. The fourth-order valence-corrected chi connectivity index (χ4v) is 1.93. The number of amides is 1. The molecule has 0 saturated carbocycles. The van der Waals surface area contributed by atoms with Gasteiger partial charge in [0.15, 0.2) is 0 Å². The van der Waals surface area contributed by atoms with Crippen molar-refractivity contribution >= 4 is 27.5 Å². The molecular formula is C11H11BrF2N2O. The second-order valence-corrected chi connectivity index (χ2v) is 4.91. The van der Waals surface area contributed by atoms with Gasteiger partial charge in [0.2, 0.25) is 5.91 Å². The van der Waals surface area contributed by atoms with Crippen LogP contribution in [0.25, 0.3) is 0 Å². The van der Waals surface area contributed by atoms with Gasteiger partial charge in [-0.05, 0) is 24.3 Å². The van der Waals surface area contributed by atoms with E-state index in [1.807, 2.05) is 0 Å². The standard InChI is InChI=1S/C11H11BrF2N2O/c12-7-1-3-8(4-2-7)16-10(17)9-5-11(13,14)6-15-9/h1-4,9,15H,5-6H2,(H,16,17). The average Bonchev–Trinajstić information content (AvgIpc) is 2.62. The van der Waals surface area contributed by atoms with Crippen LogP contribution in [0.3, 0.4) is 0 Å². The Morgan fingerprint density at radius 2 is 2.06 bits per heavy atom. The number of anilines is 1. The first-order chi connectivity index (χ1) is 7.96. The largest absolute Gasteiger partial charge is 0.325 e. The van der Waals surface area contributed by atoms with Gasteiger partial charge in [-0.25, -0.2) is 8.78 Å². The summed E-state index contributed by atoms with van der Waals surface area (Å²) < 4.78 is 26.7. The molecule has 3 nitrogen and oxygen atoms in total. The molecule has 17 heavy (non-hydrogen) atoms. The molecule has 92 valence electrons. The molecule has 1 aliphatic heterocycles. The van der Waals surface area contributed by atoms with Gasteiger partial charge in [0.05, 0.1) is 12.6 Å². The van der Waals surface area contributed by atoms with E-state index in [0.717, 1.165) is 4.47 Å². The highest BCUT2D eigenvalue weighted by Crippen LogP contribution is 2.25. The van der Waals surface area contributed by atoms with Gasteiger partial charge in [-0.1, -0.05) is 15.9 Å². The highest BCUT2D eigenvalue weighted by atomic mass is 79.9.